The molecular formula is C5H2F3NO4. The molecule has 72 valence electrons. The van der Waals surface area contributed by atoms with E-state index in [1.54, 1.807) is 0 Å². The highest BCUT2D eigenvalue weighted by Crippen LogP contribution is 2.26. The van der Waals surface area contributed by atoms with Gasteiger partial charge in [0.1, 0.15) is 0 Å². The van der Waals surface area contributed by atoms with E-state index in [0.29, 0.717) is 0 Å². The number of ether oxygens (including phenoxy) is 3. The number of hydrogen-bond acceptors (Lipinski definition) is 4. The Kier molecular flexibility index (Phi) is 2.29. The lowest BCUT2D eigenvalue weighted by Crippen LogP contribution is -2.30. The predicted molar refractivity (Wildman–Crippen MR) is 28.9 cm³/mol. The van der Waals surface area contributed by atoms with Crippen molar-refractivity contribution in [1.29, 1.82) is 0 Å². The van der Waals surface area contributed by atoms with Gasteiger partial charge in [0.05, 0.1) is 0 Å². The minimum Gasteiger partial charge on any atom is -0.390 e. The Hall–Kier alpha value is -1.49. The van der Waals surface area contributed by atoms with Crippen LogP contribution in [0.4, 0.5) is 18.0 Å². The molecule has 0 aromatic heterocycles. The zero-order chi connectivity index (χ0) is 10.1. The molecule has 1 aliphatic rings. The molecule has 1 saturated heterocycles. The fourth-order valence-corrected chi connectivity index (χ4v) is 0.636. The molecule has 13 heavy (non-hydrogen) atoms. The lowest BCUT2D eigenvalue weighted by Gasteiger charge is -2.09. The topological polar surface area (TPSA) is 49.1 Å². The summed E-state index contributed by atoms with van der Waals surface area (Å²) in [5.41, 5.74) is 0. The van der Waals surface area contributed by atoms with E-state index < -0.39 is 25.0 Å². The van der Waals surface area contributed by atoms with Gasteiger partial charge >= 0.3 is 25.0 Å². The van der Waals surface area contributed by atoms with Crippen LogP contribution in [0.2, 0.25) is 0 Å². The molecule has 1 aliphatic heterocycles. The van der Waals surface area contributed by atoms with Crippen LogP contribution in [0.5, 0.6) is 0 Å². The highest BCUT2D eigenvalue weighted by Gasteiger charge is 2.49. The van der Waals surface area contributed by atoms with Gasteiger partial charge in [-0.1, -0.05) is 0 Å². The van der Waals surface area contributed by atoms with E-state index in [2.05, 4.69) is 19.1 Å². The van der Waals surface area contributed by atoms with Crippen LogP contribution in [0, 0.1) is 6.57 Å². The quantitative estimate of drug-likeness (QED) is 0.469. The van der Waals surface area contributed by atoms with Crippen molar-refractivity contribution in [2.75, 3.05) is 0 Å². The Labute approximate surface area is 69.8 Å². The summed E-state index contributed by atoms with van der Waals surface area (Å²) in [6.45, 7) is 6.35. The maximum atomic E-state index is 11.6. The van der Waals surface area contributed by atoms with Crippen molar-refractivity contribution in [1.82, 2.24) is 0 Å². The Bertz CT molecular complexity index is 257. The van der Waals surface area contributed by atoms with Crippen molar-refractivity contribution in [3.05, 3.63) is 11.4 Å². The van der Waals surface area contributed by atoms with Gasteiger partial charge in [-0.05, 0) is 0 Å². The average Bonchev–Trinajstić information content (AvgIpc) is 2.27. The summed E-state index contributed by atoms with van der Waals surface area (Å²) in [4.78, 5) is 12.8. The summed E-state index contributed by atoms with van der Waals surface area (Å²) in [6, 6.07) is 0. The highest BCUT2D eigenvalue weighted by molar-refractivity contribution is 5.62. The summed E-state index contributed by atoms with van der Waals surface area (Å²) in [5.74, 6) is 0. The first kappa shape index (κ1) is 9.60. The molecule has 1 heterocycles. The maximum Gasteiger partial charge on any atom is 0.525 e. The van der Waals surface area contributed by atoms with Crippen molar-refractivity contribution < 1.29 is 32.2 Å². The number of nitrogens with zero attached hydrogens (tertiary/aromatic N) is 1. The summed E-state index contributed by atoms with van der Waals surface area (Å²) >= 11 is 0. The third-order valence-electron chi connectivity index (χ3n) is 1.04. The monoisotopic (exact) mass is 197 g/mol. The first-order valence-electron chi connectivity index (χ1n) is 2.91. The van der Waals surface area contributed by atoms with Crippen molar-refractivity contribution >= 4 is 6.16 Å². The summed E-state index contributed by atoms with van der Waals surface area (Å²) < 4.78 is 46.0. The second kappa shape index (κ2) is 3.10. The molecule has 0 N–H and O–H groups in total. The third-order valence-corrected chi connectivity index (χ3v) is 1.04. The van der Waals surface area contributed by atoms with Gasteiger partial charge in [-0.3, -0.25) is 4.85 Å². The molecule has 0 bridgehead atoms. The van der Waals surface area contributed by atoms with Crippen LogP contribution in [0.1, 0.15) is 0 Å². The predicted octanol–water partition coefficient (Wildman–Crippen LogP) is 1.26. The zero-order valence-electron chi connectivity index (χ0n) is 5.87. The Morgan fingerprint density at radius 3 is 2.54 bits per heavy atom. The number of rotatable bonds is 1. The van der Waals surface area contributed by atoms with Crippen LogP contribution in [0.3, 0.4) is 0 Å². The Morgan fingerprint density at radius 2 is 2.08 bits per heavy atom. The molecular weight excluding hydrogens is 195 g/mol. The molecule has 2 unspecified atom stereocenters. The van der Waals surface area contributed by atoms with Crippen LogP contribution in [0.25, 0.3) is 4.85 Å². The van der Waals surface area contributed by atoms with Crippen molar-refractivity contribution in [2.24, 2.45) is 0 Å². The molecule has 0 saturated carbocycles. The fourth-order valence-electron chi connectivity index (χ4n) is 0.636. The fraction of sp³-hybridized carbons (Fsp3) is 0.600. The van der Waals surface area contributed by atoms with E-state index in [-0.39, 0.29) is 0 Å². The van der Waals surface area contributed by atoms with Gasteiger partial charge in [-0.15, -0.1) is 13.2 Å². The molecule has 2 atom stereocenters. The van der Waals surface area contributed by atoms with Crippen LogP contribution < -0.4 is 0 Å². The zero-order valence-corrected chi connectivity index (χ0v) is 5.87. The normalized spacial score (nSPS) is 27.7. The first-order chi connectivity index (χ1) is 5.92. The average molecular weight is 197 g/mol. The second-order valence-corrected chi connectivity index (χ2v) is 1.94. The number of halogens is 3. The summed E-state index contributed by atoms with van der Waals surface area (Å²) in [5, 5.41) is 0. The smallest absolute Gasteiger partial charge is 0.390 e. The largest absolute Gasteiger partial charge is 0.525 e. The minimum atomic E-state index is -4.97. The van der Waals surface area contributed by atoms with Crippen molar-refractivity contribution in [3.63, 3.8) is 0 Å². The molecule has 0 aromatic carbocycles. The standard InChI is InChI=1S/C5H2F3NO4/c1-9-2-3(12-4(10)11-2)13-5(6,7)8/h2-3H. The van der Waals surface area contributed by atoms with E-state index >= 15 is 0 Å². The molecule has 1 rings (SSSR count). The van der Waals surface area contributed by atoms with Gasteiger partial charge < -0.3 is 9.47 Å². The highest BCUT2D eigenvalue weighted by atomic mass is 19.4. The van der Waals surface area contributed by atoms with E-state index in [1.807, 2.05) is 0 Å². The number of alkyl halides is 3. The number of hydrogen-bond donors (Lipinski definition) is 0. The van der Waals surface area contributed by atoms with E-state index in [9.17, 15) is 18.0 Å². The second-order valence-electron chi connectivity index (χ2n) is 1.94. The SMILES string of the molecule is [C-]#[N+]C1OC(=O)OC1OC(F)(F)F. The molecule has 1 fully saturated rings. The summed E-state index contributed by atoms with van der Waals surface area (Å²) in [6.07, 6.45) is -10.1. The molecule has 0 aliphatic carbocycles. The van der Waals surface area contributed by atoms with E-state index in [1.165, 1.54) is 0 Å². The third kappa shape index (κ3) is 2.48. The molecule has 0 aromatic rings. The van der Waals surface area contributed by atoms with Crippen LogP contribution >= 0.6 is 0 Å². The van der Waals surface area contributed by atoms with Crippen LogP contribution in [-0.2, 0) is 14.2 Å². The Balaban J connectivity index is 2.60. The molecule has 0 radical (unpaired) electrons. The minimum absolute atomic E-state index is 1.35. The Morgan fingerprint density at radius 1 is 1.46 bits per heavy atom. The lowest BCUT2D eigenvalue weighted by atomic mass is 10.6. The first-order valence-corrected chi connectivity index (χ1v) is 2.91. The number of carbonyl (C=O) groups is 1. The lowest BCUT2D eigenvalue weighted by molar-refractivity contribution is -0.369. The number of cyclic esters (lactones) is 2. The van der Waals surface area contributed by atoms with Gasteiger partial charge in [0.25, 0.3) is 0 Å². The molecule has 8 heteroatoms. The van der Waals surface area contributed by atoms with Gasteiger partial charge in [-0.2, -0.15) is 0 Å². The number of carbonyl (C=O) groups excluding carboxylic acids is 1. The van der Waals surface area contributed by atoms with Crippen molar-refractivity contribution in [2.45, 2.75) is 18.9 Å². The van der Waals surface area contributed by atoms with Crippen molar-refractivity contribution in [3.8, 4) is 0 Å². The van der Waals surface area contributed by atoms with Crippen LogP contribution in [-0.4, -0.2) is 25.0 Å². The van der Waals surface area contributed by atoms with Crippen LogP contribution in [0.15, 0.2) is 0 Å². The summed E-state index contributed by atoms with van der Waals surface area (Å²) in [7, 11) is 0. The van der Waals surface area contributed by atoms with Gasteiger partial charge in [0.15, 0.2) is 0 Å². The molecule has 0 spiro atoms. The van der Waals surface area contributed by atoms with Gasteiger partial charge in [0, 0.05) is 0 Å². The van der Waals surface area contributed by atoms with E-state index in [0.717, 1.165) is 0 Å². The van der Waals surface area contributed by atoms with E-state index in [4.69, 9.17) is 6.57 Å². The maximum absolute atomic E-state index is 11.6. The van der Waals surface area contributed by atoms with Gasteiger partial charge in [0.2, 0.25) is 0 Å². The molecule has 0 amide bonds. The van der Waals surface area contributed by atoms with Gasteiger partial charge in [-0.25, -0.2) is 16.1 Å². The molecule has 5 nitrogen and oxygen atoms in total.